The fraction of sp³-hybridized carbons (Fsp3) is 0.0500. The molecule has 158 valence electrons. The van der Waals surface area contributed by atoms with E-state index in [4.69, 9.17) is 11.6 Å². The van der Waals surface area contributed by atoms with Gasteiger partial charge in [0.05, 0.1) is 21.8 Å². The van der Waals surface area contributed by atoms with Gasteiger partial charge in [-0.3, -0.25) is 9.10 Å². The Bertz CT molecular complexity index is 1380. The zero-order valence-electron chi connectivity index (χ0n) is 15.9. The van der Waals surface area contributed by atoms with E-state index < -0.39 is 27.4 Å². The Labute approximate surface area is 181 Å². The number of fused-ring (bicyclic) bond motifs is 1. The third-order valence-electron chi connectivity index (χ3n) is 4.64. The first-order valence-corrected chi connectivity index (χ1v) is 10.6. The number of aromatic nitrogens is 3. The highest BCUT2D eigenvalue weighted by atomic mass is 35.5. The van der Waals surface area contributed by atoms with Crippen molar-refractivity contribution >= 4 is 39.2 Å². The van der Waals surface area contributed by atoms with Crippen LogP contribution < -0.4 is 0 Å². The highest BCUT2D eigenvalue weighted by Gasteiger charge is 2.36. The molecule has 8 nitrogen and oxygen atoms in total. The largest absolute Gasteiger partial charge is 0.505 e. The van der Waals surface area contributed by atoms with Crippen molar-refractivity contribution in [1.82, 2.24) is 19.3 Å². The number of rotatable bonds is 4. The fourth-order valence-corrected chi connectivity index (χ4v) is 4.63. The van der Waals surface area contributed by atoms with Crippen molar-refractivity contribution in [1.29, 1.82) is 0 Å². The van der Waals surface area contributed by atoms with Crippen LogP contribution in [0.3, 0.4) is 0 Å². The maximum absolute atomic E-state index is 13.3. The lowest BCUT2D eigenvalue weighted by Crippen LogP contribution is -2.34. The highest BCUT2D eigenvalue weighted by Crippen LogP contribution is 2.34. The van der Waals surface area contributed by atoms with E-state index in [0.717, 1.165) is 10.4 Å². The van der Waals surface area contributed by atoms with Crippen LogP contribution in [0.5, 0.6) is 0 Å². The second-order valence-corrected chi connectivity index (χ2v) is 8.89. The van der Waals surface area contributed by atoms with E-state index in [9.17, 15) is 22.7 Å². The van der Waals surface area contributed by atoms with Crippen molar-refractivity contribution < 1.29 is 22.7 Å². The molecule has 1 N–H and O–H groups in total. The molecule has 0 bridgehead atoms. The second kappa shape index (κ2) is 7.64. The van der Waals surface area contributed by atoms with E-state index in [0.29, 0.717) is 5.69 Å². The molecule has 0 spiro atoms. The second-order valence-electron chi connectivity index (χ2n) is 6.55. The molecule has 0 radical (unpaired) electrons. The van der Waals surface area contributed by atoms with E-state index in [1.54, 1.807) is 6.07 Å². The first-order valence-electron chi connectivity index (χ1n) is 8.82. The molecule has 31 heavy (non-hydrogen) atoms. The Balaban J connectivity index is 1.64. The van der Waals surface area contributed by atoms with Crippen LogP contribution in [0.25, 0.3) is 17.5 Å². The monoisotopic (exact) mass is 460 g/mol. The lowest BCUT2D eigenvalue weighted by atomic mass is 10.1. The number of nitrogens with zero attached hydrogens (tertiary/aromatic N) is 4. The Morgan fingerprint density at radius 3 is 2.71 bits per heavy atom. The average molecular weight is 461 g/mol. The maximum atomic E-state index is 13.3. The van der Waals surface area contributed by atoms with Gasteiger partial charge in [-0.1, -0.05) is 28.9 Å². The molecule has 0 atom stereocenters. The molecule has 3 aromatic rings. The molecule has 1 aliphatic heterocycles. The number of ketones is 1. The van der Waals surface area contributed by atoms with Crippen molar-refractivity contribution in [3.63, 3.8) is 0 Å². The van der Waals surface area contributed by atoms with Gasteiger partial charge in [-0.2, -0.15) is 0 Å². The van der Waals surface area contributed by atoms with Crippen molar-refractivity contribution in [3.05, 3.63) is 82.5 Å². The number of allylic oxidation sites excluding steroid dienone is 1. The Hall–Kier alpha value is -3.50. The van der Waals surface area contributed by atoms with Crippen molar-refractivity contribution in [2.24, 2.45) is 0 Å². The predicted molar refractivity (Wildman–Crippen MR) is 111 cm³/mol. The first kappa shape index (κ1) is 20.8. The van der Waals surface area contributed by atoms with E-state index in [1.165, 1.54) is 60.4 Å². The van der Waals surface area contributed by atoms with Crippen LogP contribution in [-0.4, -0.2) is 45.7 Å². The van der Waals surface area contributed by atoms with Gasteiger partial charge >= 0.3 is 0 Å². The lowest BCUT2D eigenvalue weighted by molar-refractivity contribution is -0.112. The lowest BCUT2D eigenvalue weighted by Gasteiger charge is -2.27. The topological polar surface area (TPSA) is 105 Å². The van der Waals surface area contributed by atoms with Gasteiger partial charge in [-0.15, -0.1) is 5.10 Å². The molecule has 0 saturated heterocycles. The zero-order valence-corrected chi connectivity index (χ0v) is 17.5. The molecule has 0 amide bonds. The number of hydrogen-bond acceptors (Lipinski definition) is 6. The smallest absolute Gasteiger partial charge is 0.265 e. The average Bonchev–Trinajstić information content (AvgIpc) is 3.22. The minimum Gasteiger partial charge on any atom is -0.505 e. The molecule has 0 aliphatic carbocycles. The molecular formula is C20H14ClFN4O4S. The number of carbonyl (C=O) groups is 1. The Morgan fingerprint density at radius 2 is 1.97 bits per heavy atom. The van der Waals surface area contributed by atoms with E-state index in [-0.39, 0.29) is 26.9 Å². The van der Waals surface area contributed by atoms with Crippen LogP contribution in [0.4, 0.5) is 4.39 Å². The van der Waals surface area contributed by atoms with Crippen molar-refractivity contribution in [3.8, 4) is 5.69 Å². The summed E-state index contributed by atoms with van der Waals surface area (Å²) < 4.78 is 40.8. The van der Waals surface area contributed by atoms with Crippen LogP contribution in [-0.2, 0) is 14.8 Å². The normalized spacial score (nSPS) is 15.4. The summed E-state index contributed by atoms with van der Waals surface area (Å²) in [5.41, 5.74) is 0.402. The summed E-state index contributed by atoms with van der Waals surface area (Å²) in [7, 11) is -2.79. The molecule has 0 saturated carbocycles. The third kappa shape index (κ3) is 3.60. The predicted octanol–water partition coefficient (Wildman–Crippen LogP) is 3.20. The molecule has 1 aliphatic rings. The van der Waals surface area contributed by atoms with Crippen molar-refractivity contribution in [2.45, 2.75) is 4.90 Å². The number of benzene rings is 2. The minimum atomic E-state index is -3.98. The molecule has 11 heteroatoms. The van der Waals surface area contributed by atoms with Crippen molar-refractivity contribution in [2.75, 3.05) is 7.05 Å². The SMILES string of the molecule is CN1C(C(=O)/C=C/c2cn(-c3ccc(F)c(Cl)c3)nn2)=C(O)c2ccccc2S1(=O)=O. The molecule has 2 aromatic carbocycles. The number of likely N-dealkylation sites (N-methyl/N-ethyl adjacent to an activating group) is 1. The summed E-state index contributed by atoms with van der Waals surface area (Å²) in [4.78, 5) is 12.6. The van der Waals surface area contributed by atoms with Gasteiger partial charge < -0.3 is 5.11 Å². The van der Waals surface area contributed by atoms with Gasteiger partial charge in [0.15, 0.2) is 5.76 Å². The maximum Gasteiger partial charge on any atom is 0.265 e. The van der Waals surface area contributed by atoms with Gasteiger partial charge in [-0.25, -0.2) is 17.5 Å². The number of carbonyl (C=O) groups excluding carboxylic acids is 1. The molecular weight excluding hydrogens is 447 g/mol. The van der Waals surface area contributed by atoms with Crippen LogP contribution in [0.15, 0.2) is 65.3 Å². The van der Waals surface area contributed by atoms with E-state index in [1.807, 2.05) is 0 Å². The van der Waals surface area contributed by atoms with Gasteiger partial charge in [0.25, 0.3) is 10.0 Å². The van der Waals surface area contributed by atoms with Crippen LogP contribution >= 0.6 is 11.6 Å². The fourth-order valence-electron chi connectivity index (χ4n) is 3.05. The van der Waals surface area contributed by atoms with Crippen LogP contribution in [0, 0.1) is 5.82 Å². The summed E-state index contributed by atoms with van der Waals surface area (Å²) in [5.74, 6) is -1.75. The quantitative estimate of drug-likeness (QED) is 0.599. The van der Waals surface area contributed by atoms with E-state index >= 15 is 0 Å². The molecule has 4 rings (SSSR count). The summed E-state index contributed by atoms with van der Waals surface area (Å²) in [6.07, 6.45) is 3.87. The van der Waals surface area contributed by atoms with E-state index in [2.05, 4.69) is 10.3 Å². The van der Waals surface area contributed by atoms with Gasteiger partial charge in [-0.05, 0) is 42.5 Å². The van der Waals surface area contributed by atoms with Crippen LogP contribution in [0.1, 0.15) is 11.3 Å². The standard InChI is InChI=1S/C20H14ClFN4O4S/c1-25-19(20(28)14-4-2-3-5-18(14)31(25,29)30)17(27)9-6-12-11-26(24-23-12)13-7-8-16(22)15(21)10-13/h2-11,28H,1H3/b9-6+. The summed E-state index contributed by atoms with van der Waals surface area (Å²) >= 11 is 5.77. The Kier molecular flexibility index (Phi) is 5.11. The Morgan fingerprint density at radius 1 is 1.23 bits per heavy atom. The van der Waals surface area contributed by atoms with Crippen LogP contribution in [0.2, 0.25) is 5.02 Å². The van der Waals surface area contributed by atoms with Gasteiger partial charge in [0, 0.05) is 12.6 Å². The summed E-state index contributed by atoms with van der Waals surface area (Å²) in [5, 5.41) is 18.2. The summed E-state index contributed by atoms with van der Waals surface area (Å²) in [6.45, 7) is 0. The minimum absolute atomic E-state index is 0.0523. The molecule has 0 fully saturated rings. The zero-order chi connectivity index (χ0) is 22.3. The number of sulfonamides is 1. The number of aliphatic hydroxyl groups excluding tert-OH is 1. The number of halogens is 2. The number of aliphatic hydroxyl groups is 1. The molecule has 1 aromatic heterocycles. The molecule has 0 unspecified atom stereocenters. The molecule has 2 heterocycles. The van der Waals surface area contributed by atoms with Gasteiger partial charge in [0.2, 0.25) is 5.78 Å². The number of hydrogen-bond donors (Lipinski definition) is 1. The first-order chi connectivity index (χ1) is 14.7. The summed E-state index contributed by atoms with van der Waals surface area (Å²) in [6, 6.07) is 9.88. The highest BCUT2D eigenvalue weighted by molar-refractivity contribution is 7.89. The third-order valence-corrected chi connectivity index (χ3v) is 6.74. The van der Waals surface area contributed by atoms with Gasteiger partial charge in [0.1, 0.15) is 17.2 Å².